The molecule has 0 saturated carbocycles. The molecule has 1 unspecified atom stereocenters. The first-order valence-corrected chi connectivity index (χ1v) is 9.32. The summed E-state index contributed by atoms with van der Waals surface area (Å²) in [5, 5.41) is 5.76. The van der Waals surface area contributed by atoms with Crippen molar-refractivity contribution in [1.29, 1.82) is 0 Å². The molecule has 2 aromatic rings. The van der Waals surface area contributed by atoms with Crippen molar-refractivity contribution >= 4 is 29.6 Å². The molecule has 7 nitrogen and oxygen atoms in total. The number of amides is 2. The Labute approximate surface area is 172 Å². The molecule has 1 aliphatic heterocycles. The molecule has 1 aliphatic rings. The fraction of sp³-hybridized carbons (Fsp3) is 0.190. The van der Waals surface area contributed by atoms with Gasteiger partial charge in [-0.1, -0.05) is 41.9 Å². The lowest BCUT2D eigenvalue weighted by atomic mass is 9.95. The van der Waals surface area contributed by atoms with E-state index < -0.39 is 24.0 Å². The zero-order valence-electron chi connectivity index (χ0n) is 15.6. The van der Waals surface area contributed by atoms with Crippen molar-refractivity contribution in [3.8, 4) is 0 Å². The highest BCUT2D eigenvalue weighted by Crippen LogP contribution is 2.28. The summed E-state index contributed by atoms with van der Waals surface area (Å²) < 4.78 is 10.5. The van der Waals surface area contributed by atoms with E-state index in [9.17, 15) is 14.4 Å². The van der Waals surface area contributed by atoms with Gasteiger partial charge in [-0.05, 0) is 36.8 Å². The second kappa shape index (κ2) is 9.25. The van der Waals surface area contributed by atoms with Crippen molar-refractivity contribution in [3.05, 3.63) is 82.0 Å². The summed E-state index contributed by atoms with van der Waals surface area (Å²) in [6, 6.07) is 13.9. The SMILES string of the molecule is CCOC(=O)C1=C(COC(=O)c2ccc(Cl)cc2)NC(=O)NC1c1ccccc1. The first kappa shape index (κ1) is 20.4. The van der Waals surface area contributed by atoms with Crippen LogP contribution in [0.4, 0.5) is 4.79 Å². The number of esters is 2. The zero-order chi connectivity index (χ0) is 20.8. The topological polar surface area (TPSA) is 93.7 Å². The van der Waals surface area contributed by atoms with Gasteiger partial charge in [0.25, 0.3) is 0 Å². The Hall–Kier alpha value is -3.32. The Morgan fingerprint density at radius 2 is 1.69 bits per heavy atom. The van der Waals surface area contributed by atoms with E-state index in [0.717, 1.165) is 0 Å². The number of benzene rings is 2. The second-order valence-corrected chi connectivity index (χ2v) is 6.57. The first-order valence-electron chi connectivity index (χ1n) is 8.95. The standard InChI is InChI=1S/C21H19ClN2O5/c1-2-28-20(26)17-16(12-29-19(25)14-8-10-15(22)11-9-14)23-21(27)24-18(17)13-6-4-3-5-7-13/h3-11,18H,2,12H2,1H3,(H2,23,24,27). The minimum Gasteiger partial charge on any atom is -0.463 e. The number of carbonyl (C=O) groups excluding carboxylic acids is 3. The van der Waals surface area contributed by atoms with Crippen LogP contribution in [-0.2, 0) is 14.3 Å². The Kier molecular flexibility index (Phi) is 6.51. The van der Waals surface area contributed by atoms with Crippen LogP contribution in [0.15, 0.2) is 65.9 Å². The predicted molar refractivity (Wildman–Crippen MR) is 106 cm³/mol. The number of nitrogens with one attached hydrogen (secondary N) is 2. The van der Waals surface area contributed by atoms with Crippen LogP contribution in [0.1, 0.15) is 28.9 Å². The van der Waals surface area contributed by atoms with E-state index in [0.29, 0.717) is 16.1 Å². The quantitative estimate of drug-likeness (QED) is 0.707. The zero-order valence-corrected chi connectivity index (χ0v) is 16.4. The number of hydrogen-bond donors (Lipinski definition) is 2. The van der Waals surface area contributed by atoms with Crippen LogP contribution in [-0.4, -0.2) is 31.2 Å². The molecule has 0 spiro atoms. The molecular formula is C21H19ClN2O5. The molecule has 1 heterocycles. The molecule has 2 aromatic carbocycles. The Bertz CT molecular complexity index is 941. The van der Waals surface area contributed by atoms with Crippen molar-refractivity contribution < 1.29 is 23.9 Å². The number of halogens is 1. The monoisotopic (exact) mass is 414 g/mol. The molecule has 0 aliphatic carbocycles. The van der Waals surface area contributed by atoms with Crippen molar-refractivity contribution in [2.45, 2.75) is 13.0 Å². The van der Waals surface area contributed by atoms with E-state index in [1.165, 1.54) is 12.1 Å². The molecule has 3 rings (SSSR count). The van der Waals surface area contributed by atoms with E-state index >= 15 is 0 Å². The van der Waals surface area contributed by atoms with Crippen molar-refractivity contribution in [3.63, 3.8) is 0 Å². The maximum absolute atomic E-state index is 12.6. The van der Waals surface area contributed by atoms with Gasteiger partial charge in [0.1, 0.15) is 6.61 Å². The number of hydrogen-bond acceptors (Lipinski definition) is 5. The first-order chi connectivity index (χ1) is 14.0. The van der Waals surface area contributed by atoms with Gasteiger partial charge in [-0.3, -0.25) is 0 Å². The molecule has 0 fully saturated rings. The lowest BCUT2D eigenvalue weighted by molar-refractivity contribution is -0.139. The van der Waals surface area contributed by atoms with Crippen LogP contribution in [0, 0.1) is 0 Å². The summed E-state index contributed by atoms with van der Waals surface area (Å²) in [5.74, 6) is -1.21. The predicted octanol–water partition coefficient (Wildman–Crippen LogP) is 3.37. The molecule has 0 aromatic heterocycles. The maximum atomic E-state index is 12.6. The minimum atomic E-state index is -0.728. The van der Waals surface area contributed by atoms with Gasteiger partial charge in [0, 0.05) is 5.02 Å². The summed E-state index contributed by atoms with van der Waals surface area (Å²) in [6.45, 7) is 1.55. The third kappa shape index (κ3) is 4.94. The summed E-state index contributed by atoms with van der Waals surface area (Å²) >= 11 is 5.82. The molecular weight excluding hydrogens is 396 g/mol. The number of rotatable bonds is 6. The van der Waals surface area contributed by atoms with Gasteiger partial charge in [0.15, 0.2) is 0 Å². The summed E-state index contributed by atoms with van der Waals surface area (Å²) in [4.78, 5) is 37.1. The smallest absolute Gasteiger partial charge is 0.338 e. The Balaban J connectivity index is 1.89. The summed E-state index contributed by atoms with van der Waals surface area (Å²) in [5.41, 5.74) is 1.35. The maximum Gasteiger partial charge on any atom is 0.338 e. The minimum absolute atomic E-state index is 0.162. The van der Waals surface area contributed by atoms with E-state index in [1.807, 2.05) is 6.07 Å². The summed E-state index contributed by atoms with van der Waals surface area (Å²) in [6.07, 6.45) is 0. The van der Waals surface area contributed by atoms with Crippen LogP contribution in [0.5, 0.6) is 0 Å². The average molecular weight is 415 g/mol. The Morgan fingerprint density at radius 1 is 1.00 bits per heavy atom. The summed E-state index contributed by atoms with van der Waals surface area (Å²) in [7, 11) is 0. The van der Waals surface area contributed by atoms with E-state index in [1.54, 1.807) is 43.3 Å². The average Bonchev–Trinajstić information content (AvgIpc) is 2.72. The van der Waals surface area contributed by atoms with Crippen LogP contribution in [0.25, 0.3) is 0 Å². The fourth-order valence-electron chi connectivity index (χ4n) is 2.88. The highest BCUT2D eigenvalue weighted by molar-refractivity contribution is 6.30. The lowest BCUT2D eigenvalue weighted by Crippen LogP contribution is -2.47. The van der Waals surface area contributed by atoms with E-state index in [-0.39, 0.29) is 24.5 Å². The van der Waals surface area contributed by atoms with Crippen LogP contribution in [0.3, 0.4) is 0 Å². The van der Waals surface area contributed by atoms with Crippen molar-refractivity contribution in [1.82, 2.24) is 10.6 Å². The Morgan fingerprint density at radius 3 is 2.34 bits per heavy atom. The molecule has 1 atom stereocenters. The van der Waals surface area contributed by atoms with E-state index in [2.05, 4.69) is 10.6 Å². The van der Waals surface area contributed by atoms with Crippen LogP contribution >= 0.6 is 11.6 Å². The number of ether oxygens (including phenoxy) is 2. The number of carbonyl (C=O) groups is 3. The van der Waals surface area contributed by atoms with Crippen LogP contribution < -0.4 is 10.6 Å². The molecule has 8 heteroatoms. The molecule has 29 heavy (non-hydrogen) atoms. The van der Waals surface area contributed by atoms with Crippen molar-refractivity contribution in [2.24, 2.45) is 0 Å². The molecule has 0 saturated heterocycles. The third-order valence-electron chi connectivity index (χ3n) is 4.21. The third-order valence-corrected chi connectivity index (χ3v) is 4.46. The second-order valence-electron chi connectivity index (χ2n) is 6.14. The largest absolute Gasteiger partial charge is 0.463 e. The van der Waals surface area contributed by atoms with Gasteiger partial charge in [0.2, 0.25) is 0 Å². The van der Waals surface area contributed by atoms with Gasteiger partial charge in [0.05, 0.1) is 29.5 Å². The molecule has 0 bridgehead atoms. The lowest BCUT2D eigenvalue weighted by Gasteiger charge is -2.29. The fourth-order valence-corrected chi connectivity index (χ4v) is 3.01. The van der Waals surface area contributed by atoms with Crippen molar-refractivity contribution in [2.75, 3.05) is 13.2 Å². The molecule has 150 valence electrons. The van der Waals surface area contributed by atoms with Gasteiger partial charge in [-0.25, -0.2) is 14.4 Å². The van der Waals surface area contributed by atoms with E-state index in [4.69, 9.17) is 21.1 Å². The van der Waals surface area contributed by atoms with Gasteiger partial charge >= 0.3 is 18.0 Å². The molecule has 0 radical (unpaired) electrons. The number of urea groups is 1. The van der Waals surface area contributed by atoms with Gasteiger partial charge in [-0.15, -0.1) is 0 Å². The highest BCUT2D eigenvalue weighted by atomic mass is 35.5. The molecule has 2 N–H and O–H groups in total. The normalized spacial score (nSPS) is 15.9. The van der Waals surface area contributed by atoms with Gasteiger partial charge < -0.3 is 20.1 Å². The molecule has 2 amide bonds. The highest BCUT2D eigenvalue weighted by Gasteiger charge is 2.34. The van der Waals surface area contributed by atoms with Crippen LogP contribution in [0.2, 0.25) is 5.02 Å². The van der Waals surface area contributed by atoms with Gasteiger partial charge in [-0.2, -0.15) is 0 Å².